The lowest BCUT2D eigenvalue weighted by Crippen LogP contribution is -2.35. The number of aliphatic hydroxyl groups is 1. The van der Waals surface area contributed by atoms with Crippen molar-refractivity contribution < 1.29 is 31.0 Å². The van der Waals surface area contributed by atoms with E-state index in [9.17, 15) is 5.11 Å². The molecule has 1 atom stereocenters. The topological polar surface area (TPSA) is 50.7 Å². The first-order valence-electron chi connectivity index (χ1n) is 13.1. The second-order valence-electron chi connectivity index (χ2n) is 5.09. The molecule has 2 N–H and O–H groups in total. The normalized spacial score (nSPS) is 28.4. The molecule has 0 spiro atoms. The Morgan fingerprint density at radius 1 is 1.41 bits per heavy atom. The third-order valence-electron chi connectivity index (χ3n) is 3.08. The molecule has 0 radical (unpaired) electrons. The minimum absolute atomic E-state index is 0.169. The molecule has 0 bridgehead atoms. The van der Waals surface area contributed by atoms with E-state index in [0.29, 0.717) is 25.6 Å². The summed E-state index contributed by atoms with van der Waals surface area (Å²) in [4.78, 5) is 0. The smallest absolute Gasteiger partial charge is 0.119 e. The van der Waals surface area contributed by atoms with Crippen molar-refractivity contribution in [2.24, 2.45) is 5.92 Å². The van der Waals surface area contributed by atoms with E-state index >= 15 is 0 Å². The zero-order valence-corrected chi connectivity index (χ0v) is 12.2. The van der Waals surface area contributed by atoms with Gasteiger partial charge in [0.25, 0.3) is 0 Å². The predicted molar refractivity (Wildman–Crippen MR) is 88.3 cm³/mol. The van der Waals surface area contributed by atoms with Crippen molar-refractivity contribution in [1.29, 1.82) is 0 Å². The van der Waals surface area contributed by atoms with Gasteiger partial charge < -0.3 is 19.9 Å². The number of rotatable bonds is 11. The van der Waals surface area contributed by atoms with E-state index in [1.54, 1.807) is 12.1 Å². The Hall–Kier alpha value is -1.10. The molecule has 0 aliphatic heterocycles. The number of nitrogens with one attached hydrogen (secondary N) is 1. The van der Waals surface area contributed by atoms with E-state index < -0.39 is 38.9 Å². The van der Waals surface area contributed by atoms with Gasteiger partial charge in [-0.3, -0.25) is 0 Å². The predicted octanol–water partition coefficient (Wildman–Crippen LogP) is 2.39. The molecule has 4 nitrogen and oxygen atoms in total. The average molecular weight is 320 g/mol. The molecular formula is C18H29NO3. The first-order valence-corrected chi connectivity index (χ1v) is 7.11. The van der Waals surface area contributed by atoms with Crippen LogP contribution in [-0.4, -0.2) is 43.5 Å². The second kappa shape index (κ2) is 9.13. The molecule has 0 saturated heterocycles. The Labute approximate surface area is 150 Å². The summed E-state index contributed by atoms with van der Waals surface area (Å²) in [6, 6.07) is 2.22. The summed E-state index contributed by atoms with van der Waals surface area (Å²) < 4.78 is 102. The van der Waals surface area contributed by atoms with Gasteiger partial charge in [0, 0.05) is 31.5 Å². The van der Waals surface area contributed by atoms with E-state index in [1.807, 2.05) is 0 Å². The molecule has 1 aromatic carbocycles. The fourth-order valence-electron chi connectivity index (χ4n) is 1.70. The van der Waals surface area contributed by atoms with Gasteiger partial charge in [0.15, 0.2) is 0 Å². The van der Waals surface area contributed by atoms with Gasteiger partial charge in [0.2, 0.25) is 0 Å². The van der Waals surface area contributed by atoms with Crippen molar-refractivity contribution in [3.05, 3.63) is 29.8 Å². The van der Waals surface area contributed by atoms with Crippen LogP contribution < -0.4 is 10.1 Å². The van der Waals surface area contributed by atoms with Crippen LogP contribution in [0.4, 0.5) is 0 Å². The molecule has 22 heavy (non-hydrogen) atoms. The molecule has 1 fully saturated rings. The molecule has 1 unspecified atom stereocenters. The number of hydrogen-bond acceptors (Lipinski definition) is 4. The molecule has 0 amide bonds. The molecule has 1 saturated carbocycles. The van der Waals surface area contributed by atoms with Crippen LogP contribution in [0.2, 0.25) is 0 Å². The molecule has 4 heteroatoms. The second-order valence-corrected chi connectivity index (χ2v) is 5.09. The molecule has 1 aromatic rings. The van der Waals surface area contributed by atoms with Crippen molar-refractivity contribution in [2.75, 3.05) is 26.3 Å². The molecule has 0 aromatic heterocycles. The minimum atomic E-state index is -3.88. The summed E-state index contributed by atoms with van der Waals surface area (Å²) in [6.45, 7) is -13.3. The van der Waals surface area contributed by atoms with Crippen molar-refractivity contribution in [3.8, 4) is 5.75 Å². The zero-order valence-electron chi connectivity index (χ0n) is 24.2. The summed E-state index contributed by atoms with van der Waals surface area (Å²) in [5, 5.41) is 11.8. The Kier molecular flexibility index (Phi) is 2.99. The average Bonchev–Trinajstić information content (AvgIpc) is 3.48. The lowest BCUT2D eigenvalue weighted by atomic mass is 10.1. The van der Waals surface area contributed by atoms with Gasteiger partial charge >= 0.3 is 0 Å². The number of ether oxygens (including phenoxy) is 2. The summed E-state index contributed by atoms with van der Waals surface area (Å²) in [7, 11) is 0. The first kappa shape index (κ1) is 7.20. The van der Waals surface area contributed by atoms with E-state index in [4.69, 9.17) is 25.9 Å². The highest BCUT2D eigenvalue weighted by Crippen LogP contribution is 2.28. The third kappa shape index (κ3) is 7.25. The van der Waals surface area contributed by atoms with Gasteiger partial charge in [-0.05, 0) is 42.9 Å². The van der Waals surface area contributed by atoms with Gasteiger partial charge in [-0.1, -0.05) is 25.8 Å². The minimum Gasteiger partial charge on any atom is -0.491 e. The summed E-state index contributed by atoms with van der Waals surface area (Å²) in [5.41, 5.74) is 0.844. The highest BCUT2D eigenvalue weighted by atomic mass is 16.5. The third-order valence-corrected chi connectivity index (χ3v) is 3.08. The highest BCUT2D eigenvalue weighted by molar-refractivity contribution is 5.27. The van der Waals surface area contributed by atoms with Crippen LogP contribution in [0.15, 0.2) is 24.3 Å². The number of hydrogen-bond donors (Lipinski definition) is 2. The van der Waals surface area contributed by atoms with Gasteiger partial charge in [-0.2, -0.15) is 0 Å². The molecule has 1 aliphatic carbocycles. The van der Waals surface area contributed by atoms with Crippen LogP contribution in [0.1, 0.15) is 48.6 Å². The lowest BCUT2D eigenvalue weighted by molar-refractivity contribution is 0.104. The Bertz CT molecular complexity index is 805. The van der Waals surface area contributed by atoms with Gasteiger partial charge in [0.05, 0.1) is 10.7 Å². The van der Waals surface area contributed by atoms with Crippen molar-refractivity contribution in [2.45, 2.75) is 45.1 Å². The zero-order chi connectivity index (χ0) is 26.2. The first-order chi connectivity index (χ1) is 15.2. The van der Waals surface area contributed by atoms with E-state index in [1.165, 1.54) is 30.3 Å². The summed E-state index contributed by atoms with van der Waals surface area (Å²) in [6.07, 6.45) is -0.930. The van der Waals surface area contributed by atoms with Crippen LogP contribution in [0.5, 0.6) is 5.75 Å². The molecule has 1 aliphatic rings. The maximum atomic E-state index is 10.4. The van der Waals surface area contributed by atoms with Crippen molar-refractivity contribution >= 4 is 0 Å². The highest BCUT2D eigenvalue weighted by Gasteiger charge is 2.20. The maximum absolute atomic E-state index is 10.4. The Morgan fingerprint density at radius 2 is 2.18 bits per heavy atom. The lowest BCUT2D eigenvalue weighted by Gasteiger charge is -2.15. The number of benzene rings is 1. The fourth-order valence-corrected chi connectivity index (χ4v) is 1.70. The summed E-state index contributed by atoms with van der Waals surface area (Å²) >= 11 is 0. The maximum Gasteiger partial charge on any atom is 0.119 e. The Balaban J connectivity index is 2.13. The van der Waals surface area contributed by atoms with Crippen LogP contribution >= 0.6 is 0 Å². The van der Waals surface area contributed by atoms with Crippen LogP contribution in [0, 0.1) is 5.92 Å². The van der Waals surface area contributed by atoms with Crippen molar-refractivity contribution in [3.63, 3.8) is 0 Å². The quantitative estimate of drug-likeness (QED) is 0.615. The van der Waals surface area contributed by atoms with Gasteiger partial charge in [-0.15, -0.1) is 0 Å². The Morgan fingerprint density at radius 3 is 2.86 bits per heavy atom. The largest absolute Gasteiger partial charge is 0.491 e. The van der Waals surface area contributed by atoms with E-state index in [0.717, 1.165) is 5.56 Å². The van der Waals surface area contributed by atoms with Gasteiger partial charge in [-0.25, -0.2) is 0 Å². The monoisotopic (exact) mass is 319 g/mol. The SMILES string of the molecule is [2H]C([2H])([2H])C([2H])(NC([2H])([2H])C([2H])(O)C([2H])([2H])Oc1ccc(CCOCC2CC2)cc1)C([2H])([2H])[2H]. The molecule has 0 heterocycles. The van der Waals surface area contributed by atoms with Crippen LogP contribution in [-0.2, 0) is 11.2 Å². The molecule has 2 rings (SSSR count). The van der Waals surface area contributed by atoms with Crippen molar-refractivity contribution in [1.82, 2.24) is 5.32 Å². The van der Waals surface area contributed by atoms with Gasteiger partial charge in [0.1, 0.15) is 18.4 Å². The fraction of sp³-hybridized carbons (Fsp3) is 0.667. The van der Waals surface area contributed by atoms with Crippen LogP contribution in [0.25, 0.3) is 0 Å². The summed E-state index contributed by atoms with van der Waals surface area (Å²) in [5.74, 6) is 0.468. The van der Waals surface area contributed by atoms with Crippen LogP contribution in [0.3, 0.4) is 0 Å². The molecule has 124 valence electrons. The molecular weight excluding hydrogens is 278 g/mol. The standard InChI is InChI=1S/C18H29NO3/c1-14(2)19-11-17(20)13-22-18-7-5-15(6-8-18)9-10-21-12-16-3-4-16/h5-8,14,16-17,19-20H,3-4,9-13H2,1-2H3/i1D3,2D3,11D2,13D2,14D,17D. The van der Waals surface area contributed by atoms with E-state index in [-0.39, 0.29) is 5.75 Å². The van der Waals surface area contributed by atoms with E-state index in [2.05, 4.69) is 0 Å².